The Bertz CT molecular complexity index is 168. The lowest BCUT2D eigenvalue weighted by atomic mass is 9.91. The molecule has 0 fully saturated rings. The number of hydrogen-bond acceptors (Lipinski definition) is 1. The van der Waals surface area contributed by atoms with Gasteiger partial charge in [0.25, 0.3) is 0 Å². The maximum Gasteiger partial charge on any atom is 0.00277 e. The van der Waals surface area contributed by atoms with Gasteiger partial charge in [-0.25, -0.2) is 0 Å². The largest absolute Gasteiger partial charge is 0.394 e. The summed E-state index contributed by atoms with van der Waals surface area (Å²) in [5.74, 6) is 0.890. The van der Waals surface area contributed by atoms with E-state index < -0.39 is 0 Å². The standard InChI is InChI=1S/C10H17N/c1-9-3-5-10(6-4-9)7-8-11-2/h5,7-9,11H,3-4,6H2,1-2H3/b8-7-. The number of rotatable bonds is 2. The second-order valence-electron chi connectivity index (χ2n) is 3.28. The topological polar surface area (TPSA) is 12.0 Å². The first-order valence-electron chi connectivity index (χ1n) is 4.36. The van der Waals surface area contributed by atoms with E-state index in [9.17, 15) is 0 Å². The van der Waals surface area contributed by atoms with Crippen LogP contribution in [0.4, 0.5) is 0 Å². The minimum Gasteiger partial charge on any atom is -0.394 e. The maximum absolute atomic E-state index is 3.00. The fourth-order valence-corrected chi connectivity index (χ4v) is 1.33. The Morgan fingerprint density at radius 1 is 1.64 bits per heavy atom. The maximum atomic E-state index is 3.00. The average Bonchev–Trinajstić information content (AvgIpc) is 2.04. The van der Waals surface area contributed by atoms with E-state index in [4.69, 9.17) is 0 Å². The highest BCUT2D eigenvalue weighted by molar-refractivity contribution is 5.20. The van der Waals surface area contributed by atoms with Gasteiger partial charge in [-0.2, -0.15) is 0 Å². The molecule has 0 heterocycles. The van der Waals surface area contributed by atoms with Gasteiger partial charge >= 0.3 is 0 Å². The zero-order chi connectivity index (χ0) is 8.10. The highest BCUT2D eigenvalue weighted by Crippen LogP contribution is 2.23. The summed E-state index contributed by atoms with van der Waals surface area (Å²) in [6.45, 7) is 2.31. The van der Waals surface area contributed by atoms with E-state index in [0.717, 1.165) is 5.92 Å². The zero-order valence-electron chi connectivity index (χ0n) is 7.43. The number of nitrogens with one attached hydrogen (secondary N) is 1. The molecule has 1 N–H and O–H groups in total. The molecule has 1 heteroatoms. The first kappa shape index (κ1) is 8.38. The van der Waals surface area contributed by atoms with Crippen molar-refractivity contribution in [3.63, 3.8) is 0 Å². The van der Waals surface area contributed by atoms with Gasteiger partial charge < -0.3 is 5.32 Å². The molecule has 1 unspecified atom stereocenters. The summed E-state index contributed by atoms with van der Waals surface area (Å²) in [5, 5.41) is 3.00. The molecule has 1 aliphatic rings. The minimum atomic E-state index is 0.890. The summed E-state index contributed by atoms with van der Waals surface area (Å²) in [6, 6.07) is 0. The molecule has 11 heavy (non-hydrogen) atoms. The van der Waals surface area contributed by atoms with Crippen molar-refractivity contribution in [1.82, 2.24) is 5.32 Å². The molecule has 0 saturated heterocycles. The molecule has 1 atom stereocenters. The summed E-state index contributed by atoms with van der Waals surface area (Å²) >= 11 is 0. The fourth-order valence-electron chi connectivity index (χ4n) is 1.33. The molecule has 0 amide bonds. The van der Waals surface area contributed by atoms with Crippen LogP contribution in [0.5, 0.6) is 0 Å². The first-order valence-corrected chi connectivity index (χ1v) is 4.36. The van der Waals surface area contributed by atoms with Crippen LogP contribution in [0.1, 0.15) is 26.2 Å². The third-order valence-electron chi connectivity index (χ3n) is 2.17. The van der Waals surface area contributed by atoms with Crippen LogP contribution >= 0.6 is 0 Å². The summed E-state index contributed by atoms with van der Waals surface area (Å²) in [7, 11) is 1.93. The predicted octanol–water partition coefficient (Wildman–Crippen LogP) is 2.47. The molecule has 1 aliphatic carbocycles. The van der Waals surface area contributed by atoms with E-state index in [1.807, 2.05) is 13.2 Å². The third kappa shape index (κ3) is 2.79. The number of hydrogen-bond donors (Lipinski definition) is 1. The predicted molar refractivity (Wildman–Crippen MR) is 49.3 cm³/mol. The van der Waals surface area contributed by atoms with Crippen molar-refractivity contribution in [3.05, 3.63) is 23.9 Å². The van der Waals surface area contributed by atoms with E-state index in [2.05, 4.69) is 24.4 Å². The Morgan fingerprint density at radius 3 is 3.00 bits per heavy atom. The Kier molecular flexibility index (Phi) is 3.21. The van der Waals surface area contributed by atoms with Crippen LogP contribution in [0.25, 0.3) is 0 Å². The van der Waals surface area contributed by atoms with Gasteiger partial charge in [0, 0.05) is 7.05 Å². The zero-order valence-corrected chi connectivity index (χ0v) is 7.43. The van der Waals surface area contributed by atoms with Gasteiger partial charge in [0.15, 0.2) is 0 Å². The molecule has 0 aliphatic heterocycles. The summed E-state index contributed by atoms with van der Waals surface area (Å²) in [6.07, 6.45) is 10.4. The lowest BCUT2D eigenvalue weighted by Crippen LogP contribution is -2.00. The molecule has 0 radical (unpaired) electrons. The Hall–Kier alpha value is -0.720. The summed E-state index contributed by atoms with van der Waals surface area (Å²) in [5.41, 5.74) is 1.48. The van der Waals surface area contributed by atoms with Crippen LogP contribution in [0.2, 0.25) is 0 Å². The molecule has 1 nitrogen and oxygen atoms in total. The summed E-state index contributed by atoms with van der Waals surface area (Å²) in [4.78, 5) is 0. The Labute approximate surface area is 69.2 Å². The van der Waals surface area contributed by atoms with Crippen LogP contribution in [-0.4, -0.2) is 7.05 Å². The monoisotopic (exact) mass is 151 g/mol. The highest BCUT2D eigenvalue weighted by Gasteiger charge is 2.06. The van der Waals surface area contributed by atoms with Crippen molar-refractivity contribution in [2.75, 3.05) is 7.05 Å². The third-order valence-corrected chi connectivity index (χ3v) is 2.17. The lowest BCUT2D eigenvalue weighted by molar-refractivity contribution is 0.518. The van der Waals surface area contributed by atoms with Crippen molar-refractivity contribution < 1.29 is 0 Å². The van der Waals surface area contributed by atoms with Gasteiger partial charge in [-0.1, -0.05) is 18.6 Å². The van der Waals surface area contributed by atoms with Crippen LogP contribution in [-0.2, 0) is 0 Å². The molecule has 62 valence electrons. The van der Waals surface area contributed by atoms with E-state index in [0.29, 0.717) is 0 Å². The molecule has 0 aromatic carbocycles. The molecule has 0 bridgehead atoms. The number of allylic oxidation sites excluding steroid dienone is 3. The van der Waals surface area contributed by atoms with E-state index >= 15 is 0 Å². The van der Waals surface area contributed by atoms with Crippen molar-refractivity contribution in [2.24, 2.45) is 5.92 Å². The quantitative estimate of drug-likeness (QED) is 0.639. The van der Waals surface area contributed by atoms with Gasteiger partial charge in [0.05, 0.1) is 0 Å². The van der Waals surface area contributed by atoms with Gasteiger partial charge in [-0.3, -0.25) is 0 Å². The van der Waals surface area contributed by atoms with Gasteiger partial charge in [-0.15, -0.1) is 0 Å². The smallest absolute Gasteiger partial charge is 0.00277 e. The molecule has 1 rings (SSSR count). The van der Waals surface area contributed by atoms with E-state index in [-0.39, 0.29) is 0 Å². The van der Waals surface area contributed by atoms with Crippen LogP contribution in [0.3, 0.4) is 0 Å². The van der Waals surface area contributed by atoms with Gasteiger partial charge in [-0.05, 0) is 37.5 Å². The van der Waals surface area contributed by atoms with Crippen molar-refractivity contribution >= 4 is 0 Å². The highest BCUT2D eigenvalue weighted by atomic mass is 14.8. The normalized spacial score (nSPS) is 25.3. The molecular formula is C10H17N. The van der Waals surface area contributed by atoms with Crippen LogP contribution in [0, 0.1) is 5.92 Å². The minimum absolute atomic E-state index is 0.890. The van der Waals surface area contributed by atoms with E-state index in [1.54, 1.807) is 0 Å². The van der Waals surface area contributed by atoms with Gasteiger partial charge in [0.2, 0.25) is 0 Å². The molecule has 0 aromatic heterocycles. The second kappa shape index (κ2) is 4.22. The Balaban J connectivity index is 2.41. The molecular weight excluding hydrogens is 134 g/mol. The summed E-state index contributed by atoms with van der Waals surface area (Å²) < 4.78 is 0. The van der Waals surface area contributed by atoms with E-state index in [1.165, 1.54) is 24.8 Å². The average molecular weight is 151 g/mol. The lowest BCUT2D eigenvalue weighted by Gasteiger charge is -2.15. The second-order valence-corrected chi connectivity index (χ2v) is 3.28. The SMILES string of the molecule is CN/C=C\C1=CCC(C)CC1. The molecule has 0 aromatic rings. The molecule has 0 spiro atoms. The molecule has 0 saturated carbocycles. The van der Waals surface area contributed by atoms with Gasteiger partial charge in [0.1, 0.15) is 0 Å². The fraction of sp³-hybridized carbons (Fsp3) is 0.600. The first-order chi connectivity index (χ1) is 5.33. The van der Waals surface area contributed by atoms with Crippen LogP contribution in [0.15, 0.2) is 23.9 Å². The van der Waals surface area contributed by atoms with Crippen molar-refractivity contribution in [3.8, 4) is 0 Å². The van der Waals surface area contributed by atoms with Crippen LogP contribution < -0.4 is 5.32 Å². The van der Waals surface area contributed by atoms with Crippen molar-refractivity contribution in [2.45, 2.75) is 26.2 Å². The Morgan fingerprint density at radius 2 is 2.45 bits per heavy atom. The van der Waals surface area contributed by atoms with Crippen molar-refractivity contribution in [1.29, 1.82) is 0 Å².